The highest BCUT2D eigenvalue weighted by atomic mass is 79.9. The Labute approximate surface area is 156 Å². The van der Waals surface area contributed by atoms with Crippen LogP contribution in [-0.4, -0.2) is 25.7 Å². The van der Waals surface area contributed by atoms with Crippen molar-refractivity contribution in [1.29, 1.82) is 0 Å². The van der Waals surface area contributed by atoms with Crippen LogP contribution in [-0.2, 0) is 4.79 Å². The summed E-state index contributed by atoms with van der Waals surface area (Å²) in [7, 11) is 0. The van der Waals surface area contributed by atoms with Gasteiger partial charge in [-0.1, -0.05) is 29.3 Å². The fourth-order valence-electron chi connectivity index (χ4n) is 2.08. The molecule has 0 bridgehead atoms. The average molecular weight is 433 g/mol. The third-order valence-electron chi connectivity index (χ3n) is 3.18. The van der Waals surface area contributed by atoms with Gasteiger partial charge in [-0.25, -0.2) is 0 Å². The van der Waals surface area contributed by atoms with Gasteiger partial charge >= 0.3 is 0 Å². The van der Waals surface area contributed by atoms with Gasteiger partial charge in [-0.05, 0) is 28.1 Å². The van der Waals surface area contributed by atoms with Crippen LogP contribution in [0.15, 0.2) is 34.8 Å². The van der Waals surface area contributed by atoms with Crippen molar-refractivity contribution in [3.63, 3.8) is 0 Å². The van der Waals surface area contributed by atoms with Crippen molar-refractivity contribution >= 4 is 50.7 Å². The molecule has 1 aliphatic heterocycles. The van der Waals surface area contributed by atoms with Gasteiger partial charge < -0.3 is 19.5 Å². The molecule has 1 aliphatic rings. The molecular weight excluding hydrogens is 421 g/mol. The zero-order valence-corrected chi connectivity index (χ0v) is 15.4. The van der Waals surface area contributed by atoms with Crippen molar-refractivity contribution in [3.05, 3.63) is 44.8 Å². The molecule has 1 amide bonds. The van der Waals surface area contributed by atoms with Gasteiger partial charge in [0.05, 0.1) is 10.7 Å². The molecule has 126 valence electrons. The number of carbonyl (C=O) groups excluding carboxylic acids is 1. The number of fused-ring (bicyclic) bond motifs is 1. The Morgan fingerprint density at radius 1 is 1.21 bits per heavy atom. The van der Waals surface area contributed by atoms with Crippen molar-refractivity contribution in [2.75, 3.05) is 25.1 Å². The zero-order valence-electron chi connectivity index (χ0n) is 12.3. The van der Waals surface area contributed by atoms with Gasteiger partial charge in [0.25, 0.3) is 5.91 Å². The molecule has 8 heteroatoms. The molecule has 1 heterocycles. The lowest BCUT2D eigenvalue weighted by Crippen LogP contribution is -2.21. The summed E-state index contributed by atoms with van der Waals surface area (Å²) in [4.78, 5) is 12.1. The van der Waals surface area contributed by atoms with Crippen LogP contribution in [0.1, 0.15) is 0 Å². The number of amides is 1. The third kappa shape index (κ3) is 3.88. The van der Waals surface area contributed by atoms with Gasteiger partial charge in [0.15, 0.2) is 18.1 Å². The lowest BCUT2D eigenvalue weighted by atomic mass is 10.2. The van der Waals surface area contributed by atoms with E-state index in [1.165, 1.54) is 0 Å². The number of hydrogen-bond acceptors (Lipinski definition) is 4. The molecule has 0 fully saturated rings. The molecule has 5 nitrogen and oxygen atoms in total. The monoisotopic (exact) mass is 431 g/mol. The first-order chi connectivity index (χ1) is 11.5. The van der Waals surface area contributed by atoms with E-state index in [9.17, 15) is 4.79 Å². The standard InChI is InChI=1S/C16H12BrCl2NO4/c17-9-6-13-14(23-5-4-22-13)7-11(9)20-15(21)8-24-12-3-1-2-10(18)16(12)19/h1-3,6-7H,4-5,8H2,(H,20,21). The summed E-state index contributed by atoms with van der Waals surface area (Å²) >= 11 is 15.3. The first-order valence-corrected chi connectivity index (χ1v) is 8.55. The maximum Gasteiger partial charge on any atom is 0.262 e. The van der Waals surface area contributed by atoms with Crippen LogP contribution in [0.5, 0.6) is 17.2 Å². The van der Waals surface area contributed by atoms with Crippen LogP contribution < -0.4 is 19.5 Å². The van der Waals surface area contributed by atoms with Gasteiger partial charge in [-0.15, -0.1) is 0 Å². The molecule has 2 aromatic carbocycles. The molecular formula is C16H12BrCl2NO4. The van der Waals surface area contributed by atoms with Gasteiger partial charge in [-0.3, -0.25) is 4.79 Å². The van der Waals surface area contributed by atoms with E-state index in [1.54, 1.807) is 30.3 Å². The summed E-state index contributed by atoms with van der Waals surface area (Å²) in [5, 5.41) is 3.38. The van der Waals surface area contributed by atoms with E-state index < -0.39 is 0 Å². The molecule has 0 atom stereocenters. The van der Waals surface area contributed by atoms with Gasteiger partial charge in [0, 0.05) is 16.6 Å². The molecule has 0 unspecified atom stereocenters. The Balaban J connectivity index is 1.66. The Morgan fingerprint density at radius 2 is 1.92 bits per heavy atom. The third-order valence-corrected chi connectivity index (χ3v) is 4.64. The molecule has 1 N–H and O–H groups in total. The average Bonchev–Trinajstić information content (AvgIpc) is 2.57. The number of ether oxygens (including phenoxy) is 3. The van der Waals surface area contributed by atoms with Gasteiger partial charge in [0.1, 0.15) is 24.0 Å². The number of halogens is 3. The maximum atomic E-state index is 12.1. The van der Waals surface area contributed by atoms with E-state index in [4.69, 9.17) is 37.4 Å². The molecule has 0 aliphatic carbocycles. The zero-order chi connectivity index (χ0) is 17.1. The molecule has 0 radical (unpaired) electrons. The Hall–Kier alpha value is -1.63. The smallest absolute Gasteiger partial charge is 0.262 e. The summed E-state index contributed by atoms with van der Waals surface area (Å²) in [5.41, 5.74) is 0.560. The molecule has 2 aromatic rings. The predicted molar refractivity (Wildman–Crippen MR) is 95.7 cm³/mol. The first kappa shape index (κ1) is 17.2. The van der Waals surface area contributed by atoms with E-state index >= 15 is 0 Å². The summed E-state index contributed by atoms with van der Waals surface area (Å²) in [5.74, 6) is 1.22. The minimum Gasteiger partial charge on any atom is -0.486 e. The van der Waals surface area contributed by atoms with E-state index in [2.05, 4.69) is 21.2 Å². The van der Waals surface area contributed by atoms with E-state index in [1.807, 2.05) is 0 Å². The molecule has 0 saturated heterocycles. The summed E-state index contributed by atoms with van der Waals surface area (Å²) in [6.07, 6.45) is 0. The molecule has 0 aromatic heterocycles. The van der Waals surface area contributed by atoms with Crippen LogP contribution in [0.3, 0.4) is 0 Å². The van der Waals surface area contributed by atoms with Crippen LogP contribution in [0.2, 0.25) is 10.0 Å². The predicted octanol–water partition coefficient (Wildman–Crippen LogP) is 4.54. The number of anilines is 1. The fraction of sp³-hybridized carbons (Fsp3) is 0.188. The molecule has 0 spiro atoms. The van der Waals surface area contributed by atoms with Crippen molar-refractivity contribution in [3.8, 4) is 17.2 Å². The largest absolute Gasteiger partial charge is 0.486 e. The summed E-state index contributed by atoms with van der Waals surface area (Å²) in [6, 6.07) is 8.42. The Bertz CT molecular complexity index is 785. The van der Waals surface area contributed by atoms with E-state index in [0.717, 1.165) is 0 Å². The van der Waals surface area contributed by atoms with Gasteiger partial charge in [-0.2, -0.15) is 0 Å². The quantitative estimate of drug-likeness (QED) is 0.770. The van der Waals surface area contributed by atoms with E-state index in [-0.39, 0.29) is 17.5 Å². The van der Waals surface area contributed by atoms with Crippen LogP contribution in [0.4, 0.5) is 5.69 Å². The van der Waals surface area contributed by atoms with Crippen LogP contribution in [0, 0.1) is 0 Å². The highest BCUT2D eigenvalue weighted by molar-refractivity contribution is 9.10. The van der Waals surface area contributed by atoms with Gasteiger partial charge in [0.2, 0.25) is 0 Å². The topological polar surface area (TPSA) is 56.8 Å². The number of carbonyl (C=O) groups is 1. The highest BCUT2D eigenvalue weighted by Gasteiger charge is 2.16. The maximum absolute atomic E-state index is 12.1. The minimum atomic E-state index is -0.344. The molecule has 3 rings (SSSR count). The summed E-state index contributed by atoms with van der Waals surface area (Å²) < 4.78 is 17.1. The second-order valence-electron chi connectivity index (χ2n) is 4.86. The fourth-order valence-corrected chi connectivity index (χ4v) is 2.85. The Morgan fingerprint density at radius 3 is 2.67 bits per heavy atom. The number of benzene rings is 2. The highest BCUT2D eigenvalue weighted by Crippen LogP contribution is 2.38. The minimum absolute atomic E-state index is 0.207. The lowest BCUT2D eigenvalue weighted by Gasteiger charge is -2.20. The van der Waals surface area contributed by atoms with Crippen molar-refractivity contribution in [2.45, 2.75) is 0 Å². The molecule has 24 heavy (non-hydrogen) atoms. The number of nitrogens with one attached hydrogen (secondary N) is 1. The van der Waals surface area contributed by atoms with Crippen molar-refractivity contribution in [2.24, 2.45) is 0 Å². The molecule has 0 saturated carbocycles. The van der Waals surface area contributed by atoms with Crippen molar-refractivity contribution < 1.29 is 19.0 Å². The number of hydrogen-bond donors (Lipinski definition) is 1. The Kier molecular flexibility index (Phi) is 5.38. The van der Waals surface area contributed by atoms with E-state index in [0.29, 0.717) is 45.6 Å². The second kappa shape index (κ2) is 7.51. The second-order valence-corrected chi connectivity index (χ2v) is 6.50. The normalized spacial score (nSPS) is 12.6. The van der Waals surface area contributed by atoms with Crippen LogP contribution in [0.25, 0.3) is 0 Å². The lowest BCUT2D eigenvalue weighted by molar-refractivity contribution is -0.118. The van der Waals surface area contributed by atoms with Crippen LogP contribution >= 0.6 is 39.1 Å². The number of rotatable bonds is 4. The summed E-state index contributed by atoms with van der Waals surface area (Å²) in [6.45, 7) is 0.763. The van der Waals surface area contributed by atoms with Crippen molar-refractivity contribution in [1.82, 2.24) is 0 Å². The first-order valence-electron chi connectivity index (χ1n) is 7.00. The SMILES string of the molecule is O=C(COc1cccc(Cl)c1Cl)Nc1cc2c(cc1Br)OCCO2.